The molecule has 0 atom stereocenters. The van der Waals surface area contributed by atoms with E-state index in [0.29, 0.717) is 0 Å². The summed E-state index contributed by atoms with van der Waals surface area (Å²) in [5, 5.41) is 5.50. The molecule has 0 fully saturated rings. The van der Waals surface area contributed by atoms with Gasteiger partial charge in [0.2, 0.25) is 6.41 Å². The summed E-state index contributed by atoms with van der Waals surface area (Å²) in [7, 11) is 0. The summed E-state index contributed by atoms with van der Waals surface area (Å²) in [6.07, 6.45) is 2.75. The van der Waals surface area contributed by atoms with Gasteiger partial charge < -0.3 is 0 Å². The number of amides is 1. The van der Waals surface area contributed by atoms with Crippen LogP contribution in [0.4, 0.5) is 0 Å². The second-order valence-corrected chi connectivity index (χ2v) is 2.75. The van der Waals surface area contributed by atoms with Crippen molar-refractivity contribution >= 4 is 18.2 Å². The van der Waals surface area contributed by atoms with Gasteiger partial charge >= 0.3 is 0 Å². The average Bonchev–Trinajstić information content (AvgIpc) is 2.43. The molecule has 56 valence electrons. The van der Waals surface area contributed by atoms with Crippen LogP contribution in [0.15, 0.2) is 11.6 Å². The Hall–Kier alpha value is -0.640. The van der Waals surface area contributed by atoms with Gasteiger partial charge in [-0.3, -0.25) is 14.8 Å². The van der Waals surface area contributed by atoms with Crippen LogP contribution in [-0.4, -0.2) is 28.8 Å². The summed E-state index contributed by atoms with van der Waals surface area (Å²) >= 11 is 1.69. The molecular weight excluding hydrogens is 148 g/mol. The molecule has 3 nitrogen and oxygen atoms in total. The van der Waals surface area contributed by atoms with Crippen molar-refractivity contribution in [1.29, 1.82) is 0 Å². The van der Waals surface area contributed by atoms with E-state index in [4.69, 9.17) is 0 Å². The Kier molecular flexibility index (Phi) is 2.62. The van der Waals surface area contributed by atoms with Crippen LogP contribution >= 0.6 is 11.8 Å². The lowest BCUT2D eigenvalue weighted by Crippen LogP contribution is -2.35. The van der Waals surface area contributed by atoms with Crippen molar-refractivity contribution in [2.75, 3.05) is 12.4 Å². The predicted octanol–water partition coefficient (Wildman–Crippen LogP) is 0.857. The first-order chi connectivity index (χ1) is 4.88. The highest BCUT2D eigenvalue weighted by Gasteiger charge is 2.09. The lowest BCUT2D eigenvalue weighted by atomic mass is 10.7. The van der Waals surface area contributed by atoms with Gasteiger partial charge in [0.25, 0.3) is 0 Å². The summed E-state index contributed by atoms with van der Waals surface area (Å²) in [6, 6.07) is 0. The van der Waals surface area contributed by atoms with Crippen LogP contribution in [0, 0.1) is 0 Å². The molecule has 1 aliphatic heterocycles. The van der Waals surface area contributed by atoms with Crippen molar-refractivity contribution in [3.8, 4) is 0 Å². The fourth-order valence-corrected chi connectivity index (χ4v) is 1.45. The van der Waals surface area contributed by atoms with E-state index in [-0.39, 0.29) is 0 Å². The highest BCUT2D eigenvalue weighted by molar-refractivity contribution is 8.02. The zero-order chi connectivity index (χ0) is 7.40. The predicted molar refractivity (Wildman–Crippen MR) is 41.9 cm³/mol. The zero-order valence-corrected chi connectivity index (χ0v) is 6.67. The third-order valence-electron chi connectivity index (χ3n) is 1.31. The number of nitrogens with zero attached hydrogens (tertiary/aromatic N) is 2. The van der Waals surface area contributed by atoms with Crippen molar-refractivity contribution in [1.82, 2.24) is 10.0 Å². The van der Waals surface area contributed by atoms with Crippen LogP contribution in [-0.2, 0) is 4.79 Å². The molecule has 0 saturated carbocycles. The molecule has 1 rings (SSSR count). The molecular formula is C6H10N2OS. The molecule has 0 N–H and O–H groups in total. The van der Waals surface area contributed by atoms with E-state index in [1.165, 1.54) is 0 Å². The summed E-state index contributed by atoms with van der Waals surface area (Å²) < 4.78 is 0. The maximum absolute atomic E-state index is 10.4. The second-order valence-electron chi connectivity index (χ2n) is 1.88. The normalized spacial score (nSPS) is 15.9. The van der Waals surface area contributed by atoms with Crippen LogP contribution in [0.2, 0.25) is 0 Å². The van der Waals surface area contributed by atoms with E-state index < -0.39 is 0 Å². The number of hydrazine groups is 1. The third-order valence-corrected chi connectivity index (χ3v) is 2.04. The number of carbonyl (C=O) groups is 1. The molecule has 0 aromatic heterocycles. The molecule has 0 spiro atoms. The Labute approximate surface area is 64.6 Å². The van der Waals surface area contributed by atoms with Crippen LogP contribution < -0.4 is 0 Å². The van der Waals surface area contributed by atoms with Gasteiger partial charge in [-0.05, 0) is 12.3 Å². The molecule has 1 aliphatic rings. The molecule has 0 saturated heterocycles. The minimum absolute atomic E-state index is 0.731. The number of thioether (sulfide) groups is 1. The summed E-state index contributed by atoms with van der Waals surface area (Å²) in [6.45, 7) is 2.68. The number of rotatable bonds is 3. The van der Waals surface area contributed by atoms with Crippen molar-refractivity contribution in [2.24, 2.45) is 0 Å². The van der Waals surface area contributed by atoms with Gasteiger partial charge in [0.1, 0.15) is 0 Å². The first-order valence-electron chi connectivity index (χ1n) is 3.15. The largest absolute Gasteiger partial charge is 0.280 e. The topological polar surface area (TPSA) is 23.6 Å². The molecule has 1 heterocycles. The first kappa shape index (κ1) is 7.47. The third kappa shape index (κ3) is 1.44. The maximum Gasteiger partial charge on any atom is 0.228 e. The molecule has 1 amide bonds. The van der Waals surface area contributed by atoms with E-state index in [0.717, 1.165) is 18.8 Å². The highest BCUT2D eigenvalue weighted by atomic mass is 32.2. The highest BCUT2D eigenvalue weighted by Crippen LogP contribution is 2.15. The smallest absolute Gasteiger partial charge is 0.228 e. The Morgan fingerprint density at radius 1 is 1.90 bits per heavy atom. The Morgan fingerprint density at radius 3 is 3.10 bits per heavy atom. The molecule has 0 bridgehead atoms. The molecule has 0 aliphatic carbocycles. The van der Waals surface area contributed by atoms with Gasteiger partial charge in [-0.25, -0.2) is 0 Å². The first-order valence-corrected chi connectivity index (χ1v) is 4.20. The minimum Gasteiger partial charge on any atom is -0.280 e. The Bertz CT molecular complexity index is 149. The van der Waals surface area contributed by atoms with E-state index in [1.54, 1.807) is 16.8 Å². The second kappa shape index (κ2) is 3.51. The van der Waals surface area contributed by atoms with Crippen LogP contribution in [0.25, 0.3) is 0 Å². The molecule has 0 aromatic rings. The molecule has 4 heteroatoms. The molecule has 0 aromatic carbocycles. The molecule has 0 unspecified atom stereocenters. The standard InChI is InChI=1S/C6H10N2OS/c1-2-7(5-9)8-3-4-10-6-8/h3-5H,2,6H2,1H3. The van der Waals surface area contributed by atoms with Gasteiger partial charge in [0.15, 0.2) is 0 Å². The SMILES string of the molecule is CCN(C=O)N1C=CSC1. The Morgan fingerprint density at radius 2 is 2.70 bits per heavy atom. The monoisotopic (exact) mass is 158 g/mol. The Balaban J connectivity index is 2.44. The van der Waals surface area contributed by atoms with Crippen molar-refractivity contribution < 1.29 is 4.79 Å². The van der Waals surface area contributed by atoms with Gasteiger partial charge in [-0.1, -0.05) is 0 Å². The number of carbonyl (C=O) groups excluding carboxylic acids is 1. The number of hydrogen-bond donors (Lipinski definition) is 0. The van der Waals surface area contributed by atoms with Gasteiger partial charge in [0, 0.05) is 12.7 Å². The van der Waals surface area contributed by atoms with E-state index in [9.17, 15) is 4.79 Å². The fraction of sp³-hybridized carbons (Fsp3) is 0.500. The van der Waals surface area contributed by atoms with Crippen molar-refractivity contribution in [3.05, 3.63) is 11.6 Å². The van der Waals surface area contributed by atoms with Crippen molar-refractivity contribution in [2.45, 2.75) is 6.92 Å². The van der Waals surface area contributed by atoms with Gasteiger partial charge in [-0.2, -0.15) is 0 Å². The van der Waals surface area contributed by atoms with Gasteiger partial charge in [-0.15, -0.1) is 11.8 Å². The maximum atomic E-state index is 10.4. The number of hydrogen-bond acceptors (Lipinski definition) is 3. The van der Waals surface area contributed by atoms with Gasteiger partial charge in [0.05, 0.1) is 5.88 Å². The quantitative estimate of drug-likeness (QED) is 0.569. The zero-order valence-electron chi connectivity index (χ0n) is 5.86. The lowest BCUT2D eigenvalue weighted by Gasteiger charge is -2.25. The van der Waals surface area contributed by atoms with E-state index in [2.05, 4.69) is 0 Å². The van der Waals surface area contributed by atoms with Crippen LogP contribution in [0.5, 0.6) is 0 Å². The summed E-state index contributed by atoms with van der Waals surface area (Å²) in [4.78, 5) is 10.4. The average molecular weight is 158 g/mol. The van der Waals surface area contributed by atoms with E-state index >= 15 is 0 Å². The fourth-order valence-electron chi connectivity index (χ4n) is 0.752. The minimum atomic E-state index is 0.731. The summed E-state index contributed by atoms with van der Waals surface area (Å²) in [5.41, 5.74) is 0. The molecule has 0 radical (unpaired) electrons. The molecule has 10 heavy (non-hydrogen) atoms. The lowest BCUT2D eigenvalue weighted by molar-refractivity contribution is -0.128. The van der Waals surface area contributed by atoms with Crippen molar-refractivity contribution in [3.63, 3.8) is 0 Å². The van der Waals surface area contributed by atoms with Crippen LogP contribution in [0.1, 0.15) is 6.92 Å². The van der Waals surface area contributed by atoms with E-state index in [1.807, 2.05) is 23.5 Å². The van der Waals surface area contributed by atoms with Crippen LogP contribution in [0.3, 0.4) is 0 Å². The summed E-state index contributed by atoms with van der Waals surface area (Å²) in [5.74, 6) is 0.854.